The van der Waals surface area contributed by atoms with Crippen LogP contribution in [0.25, 0.3) is 0 Å². The zero-order chi connectivity index (χ0) is 21.3. The first-order chi connectivity index (χ1) is 13.2. The lowest BCUT2D eigenvalue weighted by atomic mass is 9.90. The Balaban J connectivity index is 2.57. The van der Waals surface area contributed by atoms with Crippen molar-refractivity contribution in [1.29, 1.82) is 0 Å². The number of hydrogen-bond donors (Lipinski definition) is 0. The number of hydrogen-bond acceptors (Lipinski definition) is 4. The molecule has 0 bridgehead atoms. The van der Waals surface area contributed by atoms with E-state index in [1.54, 1.807) is 6.92 Å². The number of carbonyl (C=O) groups excluding carboxylic acids is 2. The summed E-state index contributed by atoms with van der Waals surface area (Å²) in [4.78, 5) is 25.1. The monoisotopic (exact) mass is 390 g/mol. The van der Waals surface area contributed by atoms with E-state index in [-0.39, 0.29) is 23.1 Å². The topological polar surface area (TPSA) is 52.6 Å². The quantitative estimate of drug-likeness (QED) is 0.306. The van der Waals surface area contributed by atoms with Crippen LogP contribution >= 0.6 is 0 Å². The minimum atomic E-state index is -0.268. The fraction of sp³-hybridized carbons (Fsp3) is 0.667. The minimum Gasteiger partial charge on any atom is -0.489 e. The maximum Gasteiger partial charge on any atom is 0.228 e. The highest BCUT2D eigenvalue weighted by atomic mass is 16.5. The van der Waals surface area contributed by atoms with Gasteiger partial charge in [-0.05, 0) is 44.9 Å². The van der Waals surface area contributed by atoms with E-state index in [9.17, 15) is 9.59 Å². The summed E-state index contributed by atoms with van der Waals surface area (Å²) in [5.41, 5.74) is 2.21. The first-order valence-corrected chi connectivity index (χ1v) is 10.5. The first kappa shape index (κ1) is 24.2. The zero-order valence-electron chi connectivity index (χ0n) is 18.8. The van der Waals surface area contributed by atoms with Gasteiger partial charge in [-0.25, -0.2) is 0 Å². The van der Waals surface area contributed by atoms with Crippen molar-refractivity contribution in [2.45, 2.75) is 79.6 Å². The van der Waals surface area contributed by atoms with Crippen molar-refractivity contribution in [3.63, 3.8) is 0 Å². The molecule has 0 radical (unpaired) electrons. The van der Waals surface area contributed by atoms with Gasteiger partial charge in [-0.1, -0.05) is 58.1 Å². The molecule has 1 aliphatic rings. The third-order valence-electron chi connectivity index (χ3n) is 5.50. The second-order valence-electron chi connectivity index (χ2n) is 8.41. The average molecular weight is 391 g/mol. The van der Waals surface area contributed by atoms with Crippen LogP contribution in [0.1, 0.15) is 79.6 Å². The van der Waals surface area contributed by atoms with Gasteiger partial charge in [0.1, 0.15) is 0 Å². The molecule has 1 atom stereocenters. The van der Waals surface area contributed by atoms with Gasteiger partial charge in [-0.15, -0.1) is 0 Å². The summed E-state index contributed by atoms with van der Waals surface area (Å²) < 4.78 is 10.2. The molecule has 0 heterocycles. The minimum absolute atomic E-state index is 0.000839. The number of ketones is 2. The van der Waals surface area contributed by atoms with E-state index in [1.165, 1.54) is 45.5 Å². The number of ether oxygens (including phenoxy) is 2. The van der Waals surface area contributed by atoms with Gasteiger partial charge >= 0.3 is 0 Å². The molecule has 0 spiro atoms. The van der Waals surface area contributed by atoms with Crippen molar-refractivity contribution >= 4 is 11.6 Å². The maximum absolute atomic E-state index is 12.6. The van der Waals surface area contributed by atoms with Gasteiger partial charge in [-0.2, -0.15) is 0 Å². The lowest BCUT2D eigenvalue weighted by Crippen LogP contribution is -2.24. The normalized spacial score (nSPS) is 16.9. The molecule has 0 aromatic heterocycles. The van der Waals surface area contributed by atoms with Crippen molar-refractivity contribution < 1.29 is 19.1 Å². The molecular formula is C24H38O4. The van der Waals surface area contributed by atoms with Crippen LogP contribution in [0.4, 0.5) is 0 Å². The van der Waals surface area contributed by atoms with Gasteiger partial charge in [0.05, 0.1) is 14.2 Å². The molecule has 0 aromatic rings. The molecule has 28 heavy (non-hydrogen) atoms. The molecule has 4 heteroatoms. The Morgan fingerprint density at radius 1 is 0.929 bits per heavy atom. The van der Waals surface area contributed by atoms with Crippen molar-refractivity contribution in [3.05, 3.63) is 34.3 Å². The lowest BCUT2D eigenvalue weighted by Gasteiger charge is -2.19. The van der Waals surface area contributed by atoms with Crippen LogP contribution in [0.15, 0.2) is 34.3 Å². The molecule has 4 nitrogen and oxygen atoms in total. The largest absolute Gasteiger partial charge is 0.489 e. The smallest absolute Gasteiger partial charge is 0.228 e. The van der Waals surface area contributed by atoms with Crippen LogP contribution in [-0.2, 0) is 19.1 Å². The van der Waals surface area contributed by atoms with Crippen LogP contribution < -0.4 is 0 Å². The Hall–Kier alpha value is -1.84. The van der Waals surface area contributed by atoms with E-state index in [2.05, 4.69) is 33.8 Å². The Kier molecular flexibility index (Phi) is 10.3. The molecule has 0 fully saturated rings. The average Bonchev–Trinajstić information content (AvgIpc) is 2.64. The summed E-state index contributed by atoms with van der Waals surface area (Å²) in [5, 5.41) is 0. The molecule has 1 rings (SSSR count). The maximum atomic E-state index is 12.6. The summed E-state index contributed by atoms with van der Waals surface area (Å²) in [6, 6.07) is 0. The van der Waals surface area contributed by atoms with Crippen molar-refractivity contribution in [2.24, 2.45) is 11.8 Å². The van der Waals surface area contributed by atoms with Gasteiger partial charge in [0.25, 0.3) is 0 Å². The summed E-state index contributed by atoms with van der Waals surface area (Å²) >= 11 is 0. The Labute approximate surface area is 171 Å². The Morgan fingerprint density at radius 2 is 1.50 bits per heavy atom. The van der Waals surface area contributed by atoms with Crippen LogP contribution in [0.5, 0.6) is 0 Å². The third kappa shape index (κ3) is 6.96. The van der Waals surface area contributed by atoms with Crippen molar-refractivity contribution in [1.82, 2.24) is 0 Å². The highest BCUT2D eigenvalue weighted by Crippen LogP contribution is 2.28. The molecule has 158 valence electrons. The van der Waals surface area contributed by atoms with Gasteiger partial charge < -0.3 is 9.47 Å². The summed E-state index contributed by atoms with van der Waals surface area (Å²) in [6.45, 7) is 10.7. The van der Waals surface area contributed by atoms with E-state index >= 15 is 0 Å². The van der Waals surface area contributed by atoms with Crippen LogP contribution in [0.2, 0.25) is 0 Å². The fourth-order valence-corrected chi connectivity index (χ4v) is 3.56. The molecule has 0 amide bonds. The van der Waals surface area contributed by atoms with Crippen LogP contribution in [0.3, 0.4) is 0 Å². The predicted molar refractivity (Wildman–Crippen MR) is 114 cm³/mol. The standard InChI is InChI=1S/C24H38O4/c1-16(2)10-8-11-17(3)12-9-13-18(4)14-15-20-19(5)21(25)23(27-6)24(28-7)22(20)26/h14,16-17H,8-13,15H2,1-7H3/b18-14+. The van der Waals surface area contributed by atoms with E-state index in [0.717, 1.165) is 24.7 Å². The molecule has 0 N–H and O–H groups in total. The lowest BCUT2D eigenvalue weighted by molar-refractivity contribution is -0.121. The Morgan fingerprint density at radius 3 is 2.07 bits per heavy atom. The molecule has 1 aliphatic carbocycles. The van der Waals surface area contributed by atoms with Crippen LogP contribution in [-0.4, -0.2) is 25.8 Å². The number of carbonyl (C=O) groups is 2. The van der Waals surface area contributed by atoms with E-state index < -0.39 is 0 Å². The predicted octanol–water partition coefficient (Wildman–Crippen LogP) is 5.93. The van der Waals surface area contributed by atoms with E-state index in [0.29, 0.717) is 17.6 Å². The van der Waals surface area contributed by atoms with Crippen molar-refractivity contribution in [2.75, 3.05) is 14.2 Å². The molecule has 1 unspecified atom stereocenters. The molecule has 0 saturated heterocycles. The number of allylic oxidation sites excluding steroid dienone is 4. The number of rotatable bonds is 12. The summed E-state index contributed by atoms with van der Waals surface area (Å²) in [6.07, 6.45) is 9.87. The van der Waals surface area contributed by atoms with Gasteiger partial charge in [0, 0.05) is 11.1 Å². The second-order valence-corrected chi connectivity index (χ2v) is 8.41. The molecule has 0 aliphatic heterocycles. The highest BCUT2D eigenvalue weighted by molar-refractivity contribution is 6.23. The van der Waals surface area contributed by atoms with E-state index in [1.807, 2.05) is 0 Å². The molecule has 0 aromatic carbocycles. The summed E-state index contributed by atoms with van der Waals surface area (Å²) in [5.74, 6) is 1.04. The summed E-state index contributed by atoms with van der Waals surface area (Å²) in [7, 11) is 2.77. The third-order valence-corrected chi connectivity index (χ3v) is 5.50. The zero-order valence-corrected chi connectivity index (χ0v) is 18.8. The number of methoxy groups -OCH3 is 2. The van der Waals surface area contributed by atoms with Crippen LogP contribution in [0, 0.1) is 11.8 Å². The SMILES string of the molecule is COC1=C(OC)C(=O)C(C/C=C(\C)CCCC(C)CCCC(C)C)=C(C)C1=O. The van der Waals surface area contributed by atoms with Crippen molar-refractivity contribution in [3.8, 4) is 0 Å². The highest BCUT2D eigenvalue weighted by Gasteiger charge is 2.34. The number of Topliss-reactive ketones (excluding diaryl/α,β-unsaturated/α-hetero) is 2. The Bertz CT molecular complexity index is 650. The molecule has 0 saturated carbocycles. The van der Waals surface area contributed by atoms with Gasteiger partial charge in [-0.3, -0.25) is 9.59 Å². The fourth-order valence-electron chi connectivity index (χ4n) is 3.56. The first-order valence-electron chi connectivity index (χ1n) is 10.5. The van der Waals surface area contributed by atoms with Gasteiger partial charge in [0.15, 0.2) is 0 Å². The second kappa shape index (κ2) is 11.9. The van der Waals surface area contributed by atoms with E-state index in [4.69, 9.17) is 9.47 Å². The van der Waals surface area contributed by atoms with Gasteiger partial charge in [0.2, 0.25) is 23.1 Å². The molecular weight excluding hydrogens is 352 g/mol.